The monoisotopic (exact) mass is 187 g/mol. The lowest BCUT2D eigenvalue weighted by atomic mass is 10.0. The lowest BCUT2D eigenvalue weighted by Gasteiger charge is -2.22. The third-order valence-electron chi connectivity index (χ3n) is 2.05. The van der Waals surface area contributed by atoms with Gasteiger partial charge in [-0.2, -0.15) is 0 Å². The average Bonchev–Trinajstić information content (AvgIpc) is 2.06. The van der Waals surface area contributed by atoms with Gasteiger partial charge in [0.1, 0.15) is 0 Å². The van der Waals surface area contributed by atoms with Crippen LogP contribution in [0, 0.1) is 0 Å². The molecule has 0 fully saturated rings. The first-order valence-corrected chi connectivity index (χ1v) is 3.89. The number of hydrogen-bond donors (Lipinski definition) is 0. The first-order valence-electron chi connectivity index (χ1n) is 3.89. The largest absolute Gasteiger partial charge is 0.212 e. The summed E-state index contributed by atoms with van der Waals surface area (Å²) in [5.41, 5.74) is 1.88. The van der Waals surface area contributed by atoms with Gasteiger partial charge in [-0.15, -0.1) is 12.4 Å². The third kappa shape index (κ3) is 1.53. The Morgan fingerprint density at radius 2 is 2.00 bits per heavy atom. The van der Waals surface area contributed by atoms with Crippen molar-refractivity contribution in [3.8, 4) is 0 Å². The number of benzene rings is 1. The fourth-order valence-corrected chi connectivity index (χ4v) is 1.49. The maximum atomic E-state index is 13.0. The second-order valence-electron chi connectivity index (χ2n) is 2.82. The molecule has 0 aliphatic carbocycles. The molecule has 1 heterocycles. The molecule has 66 valence electrons. The van der Waals surface area contributed by atoms with Crippen LogP contribution in [-0.4, -0.2) is 6.54 Å². The van der Waals surface area contributed by atoms with Crippen molar-refractivity contribution < 1.29 is 4.48 Å². The van der Waals surface area contributed by atoms with Gasteiger partial charge >= 0.3 is 0 Å². The standard InChI is InChI=1S/C9H10FN.ClH/c10-11-7-3-5-8-4-1-2-6-9(8)11;/h1-2,4,6H,3,5,7H2;1H. The molecule has 0 radical (unpaired) electrons. The van der Waals surface area contributed by atoms with Crippen molar-refractivity contribution in [2.45, 2.75) is 12.8 Å². The molecule has 0 aromatic heterocycles. The van der Waals surface area contributed by atoms with Crippen LogP contribution in [0.3, 0.4) is 0 Å². The van der Waals surface area contributed by atoms with Crippen molar-refractivity contribution in [2.24, 2.45) is 0 Å². The maximum Gasteiger partial charge on any atom is 0.0719 e. The van der Waals surface area contributed by atoms with Gasteiger partial charge in [0, 0.05) is 0 Å². The number of aryl methyl sites for hydroxylation is 1. The number of hydrogen-bond acceptors (Lipinski definition) is 1. The van der Waals surface area contributed by atoms with Crippen molar-refractivity contribution in [3.63, 3.8) is 0 Å². The molecule has 0 saturated heterocycles. The normalized spacial score (nSPS) is 14.9. The van der Waals surface area contributed by atoms with Crippen LogP contribution in [0.5, 0.6) is 0 Å². The lowest BCUT2D eigenvalue weighted by molar-refractivity contribution is 0.415. The Morgan fingerprint density at radius 1 is 1.25 bits per heavy atom. The molecular formula is C9H11ClFN. The van der Waals surface area contributed by atoms with Gasteiger partial charge in [0.25, 0.3) is 0 Å². The molecule has 0 unspecified atom stereocenters. The van der Waals surface area contributed by atoms with Crippen molar-refractivity contribution in [1.29, 1.82) is 0 Å². The highest BCUT2D eigenvalue weighted by Crippen LogP contribution is 2.26. The van der Waals surface area contributed by atoms with E-state index in [0.717, 1.165) is 29.2 Å². The van der Waals surface area contributed by atoms with E-state index < -0.39 is 0 Å². The molecule has 2 rings (SSSR count). The second kappa shape index (κ2) is 3.76. The van der Waals surface area contributed by atoms with Crippen LogP contribution in [0.1, 0.15) is 12.0 Å². The Bertz CT molecular complexity index is 264. The van der Waals surface area contributed by atoms with E-state index in [0.29, 0.717) is 6.54 Å². The van der Waals surface area contributed by atoms with Crippen LogP contribution in [0.2, 0.25) is 0 Å². The van der Waals surface area contributed by atoms with Gasteiger partial charge in [0.2, 0.25) is 0 Å². The highest BCUT2D eigenvalue weighted by Gasteiger charge is 2.14. The Balaban J connectivity index is 0.000000720. The Labute approximate surface area is 77.5 Å². The smallest absolute Gasteiger partial charge is 0.0719 e. The lowest BCUT2D eigenvalue weighted by Crippen LogP contribution is -2.20. The summed E-state index contributed by atoms with van der Waals surface area (Å²) in [4.78, 5) is 0. The van der Waals surface area contributed by atoms with E-state index in [9.17, 15) is 4.48 Å². The van der Waals surface area contributed by atoms with Crippen molar-refractivity contribution in [3.05, 3.63) is 29.8 Å². The zero-order valence-corrected chi connectivity index (χ0v) is 7.48. The molecular weight excluding hydrogens is 177 g/mol. The summed E-state index contributed by atoms with van der Waals surface area (Å²) in [6, 6.07) is 7.64. The van der Waals surface area contributed by atoms with E-state index in [-0.39, 0.29) is 12.4 Å². The van der Waals surface area contributed by atoms with E-state index in [1.54, 1.807) is 0 Å². The molecule has 1 aromatic rings. The fraction of sp³-hybridized carbons (Fsp3) is 0.333. The minimum atomic E-state index is 0. The van der Waals surface area contributed by atoms with Gasteiger partial charge in [-0.3, -0.25) is 0 Å². The molecule has 1 nitrogen and oxygen atoms in total. The van der Waals surface area contributed by atoms with Gasteiger partial charge in [-0.05, 0) is 24.5 Å². The SMILES string of the molecule is Cl.FN1CCCc2ccccc21. The van der Waals surface area contributed by atoms with Gasteiger partial charge < -0.3 is 0 Å². The Kier molecular flexibility index (Phi) is 2.93. The van der Waals surface area contributed by atoms with Crippen LogP contribution >= 0.6 is 12.4 Å². The molecule has 0 saturated carbocycles. The van der Waals surface area contributed by atoms with E-state index in [1.807, 2.05) is 24.3 Å². The first-order chi connectivity index (χ1) is 5.38. The van der Waals surface area contributed by atoms with Crippen molar-refractivity contribution >= 4 is 18.1 Å². The summed E-state index contributed by atoms with van der Waals surface area (Å²) in [5.74, 6) is 0. The highest BCUT2D eigenvalue weighted by atomic mass is 35.5. The molecule has 3 heteroatoms. The fourth-order valence-electron chi connectivity index (χ4n) is 1.49. The van der Waals surface area contributed by atoms with E-state index >= 15 is 0 Å². The molecule has 1 aliphatic heterocycles. The Morgan fingerprint density at radius 3 is 2.75 bits per heavy atom. The molecule has 0 bridgehead atoms. The van der Waals surface area contributed by atoms with Crippen LogP contribution in [-0.2, 0) is 6.42 Å². The molecule has 0 atom stereocenters. The minimum Gasteiger partial charge on any atom is -0.212 e. The predicted octanol–water partition coefficient (Wildman–Crippen LogP) is 2.75. The number of fused-ring (bicyclic) bond motifs is 1. The molecule has 1 aromatic carbocycles. The number of para-hydroxylation sites is 1. The van der Waals surface area contributed by atoms with Crippen LogP contribution in [0.15, 0.2) is 24.3 Å². The van der Waals surface area contributed by atoms with E-state index in [2.05, 4.69) is 0 Å². The number of anilines is 1. The average molecular weight is 188 g/mol. The Hall–Kier alpha value is -0.760. The molecule has 0 N–H and O–H groups in total. The summed E-state index contributed by atoms with van der Waals surface area (Å²) in [5, 5.41) is 0.832. The molecule has 12 heavy (non-hydrogen) atoms. The predicted molar refractivity (Wildman–Crippen MR) is 50.5 cm³/mol. The van der Waals surface area contributed by atoms with Crippen LogP contribution < -0.4 is 5.12 Å². The zero-order valence-electron chi connectivity index (χ0n) is 6.66. The van der Waals surface area contributed by atoms with Gasteiger partial charge in [0.15, 0.2) is 0 Å². The molecule has 0 spiro atoms. The van der Waals surface area contributed by atoms with Crippen LogP contribution in [0.25, 0.3) is 0 Å². The van der Waals surface area contributed by atoms with E-state index in [4.69, 9.17) is 0 Å². The van der Waals surface area contributed by atoms with Crippen LogP contribution in [0.4, 0.5) is 10.2 Å². The third-order valence-corrected chi connectivity index (χ3v) is 2.05. The molecule has 0 amide bonds. The van der Waals surface area contributed by atoms with Gasteiger partial charge in [-0.25, -0.2) is 5.12 Å². The number of halogens is 2. The zero-order chi connectivity index (χ0) is 7.68. The van der Waals surface area contributed by atoms with Gasteiger partial charge in [-0.1, -0.05) is 22.7 Å². The van der Waals surface area contributed by atoms with Crippen molar-refractivity contribution in [2.75, 3.05) is 11.7 Å². The van der Waals surface area contributed by atoms with E-state index in [1.165, 1.54) is 0 Å². The summed E-state index contributed by atoms with van der Waals surface area (Å²) >= 11 is 0. The van der Waals surface area contributed by atoms with Gasteiger partial charge in [0.05, 0.1) is 12.2 Å². The summed E-state index contributed by atoms with van der Waals surface area (Å²) < 4.78 is 13.0. The maximum absolute atomic E-state index is 13.0. The number of nitrogens with zero attached hydrogens (tertiary/aromatic N) is 1. The summed E-state index contributed by atoms with van der Waals surface area (Å²) in [6.07, 6.45) is 1.93. The summed E-state index contributed by atoms with van der Waals surface area (Å²) in [6.45, 7) is 0.539. The van der Waals surface area contributed by atoms with Crippen molar-refractivity contribution in [1.82, 2.24) is 0 Å². The first kappa shape index (κ1) is 9.33. The quantitative estimate of drug-likeness (QED) is 0.565. The molecule has 1 aliphatic rings. The number of rotatable bonds is 0. The summed E-state index contributed by atoms with van der Waals surface area (Å²) in [7, 11) is 0. The topological polar surface area (TPSA) is 3.24 Å². The second-order valence-corrected chi connectivity index (χ2v) is 2.82. The minimum absolute atomic E-state index is 0. The highest BCUT2D eigenvalue weighted by molar-refractivity contribution is 5.85.